The van der Waals surface area contributed by atoms with Crippen molar-refractivity contribution < 1.29 is 4.79 Å². The van der Waals surface area contributed by atoms with Gasteiger partial charge in [0.2, 0.25) is 0 Å². The van der Waals surface area contributed by atoms with E-state index in [1.165, 1.54) is 5.56 Å². The molecule has 0 bridgehead atoms. The molecule has 0 aliphatic heterocycles. The highest BCUT2D eigenvalue weighted by Gasteiger charge is 2.13. The van der Waals surface area contributed by atoms with Gasteiger partial charge in [-0.2, -0.15) is 0 Å². The summed E-state index contributed by atoms with van der Waals surface area (Å²) in [4.78, 5) is 12.5. The molecule has 0 aromatic heterocycles. The van der Waals surface area contributed by atoms with Crippen molar-refractivity contribution in [2.75, 3.05) is 5.32 Å². The second-order valence-corrected chi connectivity index (χ2v) is 5.55. The Bertz CT molecular complexity index is 648. The number of hydrogen-bond donors (Lipinski definition) is 1. The molecule has 104 valence electrons. The van der Waals surface area contributed by atoms with E-state index in [4.69, 9.17) is 0 Å². The highest BCUT2D eigenvalue weighted by atomic mass is 16.1. The molecule has 0 spiro atoms. The number of hydrogen-bond acceptors (Lipinski definition) is 1. The van der Waals surface area contributed by atoms with Crippen LogP contribution >= 0.6 is 0 Å². The van der Waals surface area contributed by atoms with Gasteiger partial charge in [0.25, 0.3) is 5.91 Å². The first kappa shape index (κ1) is 14.3. The Morgan fingerprint density at radius 2 is 1.40 bits per heavy atom. The molecule has 0 heterocycles. The molecule has 0 atom stereocenters. The Morgan fingerprint density at radius 3 is 2.00 bits per heavy atom. The summed E-state index contributed by atoms with van der Waals surface area (Å²) in [6, 6.07) is 10.2. The van der Waals surface area contributed by atoms with E-state index >= 15 is 0 Å². The molecule has 0 radical (unpaired) electrons. The van der Waals surface area contributed by atoms with Crippen molar-refractivity contribution >= 4 is 11.6 Å². The predicted octanol–water partition coefficient (Wildman–Crippen LogP) is 4.48. The average Bonchev–Trinajstić information content (AvgIpc) is 2.32. The summed E-state index contributed by atoms with van der Waals surface area (Å²) in [6.45, 7) is 10.0. The summed E-state index contributed by atoms with van der Waals surface area (Å²) in [6.07, 6.45) is 0. The third-order valence-electron chi connectivity index (χ3n) is 3.55. The number of carbonyl (C=O) groups is 1. The molecule has 0 fully saturated rings. The Hall–Kier alpha value is -2.09. The van der Waals surface area contributed by atoms with Crippen molar-refractivity contribution in [1.82, 2.24) is 0 Å². The first-order valence-electron chi connectivity index (χ1n) is 6.85. The van der Waals surface area contributed by atoms with Crippen LogP contribution in [0.25, 0.3) is 0 Å². The van der Waals surface area contributed by atoms with Crippen LogP contribution in [0.3, 0.4) is 0 Å². The minimum atomic E-state index is -0.0336. The molecular weight excluding hydrogens is 246 g/mol. The first-order chi connectivity index (χ1) is 9.38. The second kappa shape index (κ2) is 5.49. The zero-order valence-corrected chi connectivity index (χ0v) is 12.8. The predicted molar refractivity (Wildman–Crippen MR) is 84.5 cm³/mol. The van der Waals surface area contributed by atoms with E-state index in [-0.39, 0.29) is 5.91 Å². The van der Waals surface area contributed by atoms with E-state index in [2.05, 4.69) is 5.32 Å². The Balaban J connectivity index is 2.36. The minimum absolute atomic E-state index is 0.0336. The van der Waals surface area contributed by atoms with Crippen LogP contribution in [-0.4, -0.2) is 5.91 Å². The van der Waals surface area contributed by atoms with Crippen molar-refractivity contribution in [2.45, 2.75) is 34.6 Å². The van der Waals surface area contributed by atoms with Crippen molar-refractivity contribution in [2.24, 2.45) is 0 Å². The van der Waals surface area contributed by atoms with Gasteiger partial charge in [-0.1, -0.05) is 29.8 Å². The molecule has 1 amide bonds. The average molecular weight is 267 g/mol. The van der Waals surface area contributed by atoms with Crippen LogP contribution in [0.15, 0.2) is 30.3 Å². The largest absolute Gasteiger partial charge is 0.322 e. The lowest BCUT2D eigenvalue weighted by Gasteiger charge is -2.13. The third kappa shape index (κ3) is 2.90. The van der Waals surface area contributed by atoms with E-state index in [0.717, 1.165) is 33.5 Å². The summed E-state index contributed by atoms with van der Waals surface area (Å²) >= 11 is 0. The van der Waals surface area contributed by atoms with Crippen molar-refractivity contribution in [1.29, 1.82) is 0 Å². The number of benzene rings is 2. The topological polar surface area (TPSA) is 29.1 Å². The second-order valence-electron chi connectivity index (χ2n) is 5.55. The summed E-state index contributed by atoms with van der Waals surface area (Å²) in [5, 5.41) is 3.03. The van der Waals surface area contributed by atoms with Gasteiger partial charge < -0.3 is 5.32 Å². The van der Waals surface area contributed by atoms with Crippen LogP contribution in [0.4, 0.5) is 5.69 Å². The third-order valence-corrected chi connectivity index (χ3v) is 3.55. The molecule has 0 aliphatic rings. The number of nitrogens with one attached hydrogen (secondary N) is 1. The number of carbonyl (C=O) groups excluding carboxylic acids is 1. The van der Waals surface area contributed by atoms with Crippen LogP contribution in [0.5, 0.6) is 0 Å². The monoisotopic (exact) mass is 267 g/mol. The number of amides is 1. The van der Waals surface area contributed by atoms with Gasteiger partial charge in [-0.25, -0.2) is 0 Å². The highest BCUT2D eigenvalue weighted by Crippen LogP contribution is 2.21. The normalized spacial score (nSPS) is 10.4. The maximum Gasteiger partial charge on any atom is 0.256 e. The zero-order valence-electron chi connectivity index (χ0n) is 12.8. The van der Waals surface area contributed by atoms with Crippen LogP contribution < -0.4 is 5.32 Å². The Labute approximate surface area is 120 Å². The number of aryl methyl sites for hydroxylation is 5. The zero-order chi connectivity index (χ0) is 14.9. The Morgan fingerprint density at radius 1 is 0.800 bits per heavy atom. The van der Waals surface area contributed by atoms with Crippen molar-refractivity contribution in [3.8, 4) is 0 Å². The lowest BCUT2D eigenvalue weighted by atomic mass is 9.99. The summed E-state index contributed by atoms with van der Waals surface area (Å²) in [5.41, 5.74) is 7.10. The molecule has 2 heteroatoms. The van der Waals surface area contributed by atoms with Crippen LogP contribution in [0.1, 0.15) is 38.2 Å². The van der Waals surface area contributed by atoms with E-state index in [1.807, 2.05) is 65.0 Å². The van der Waals surface area contributed by atoms with E-state index in [1.54, 1.807) is 0 Å². The fourth-order valence-electron chi connectivity index (χ4n) is 2.59. The number of anilines is 1. The van der Waals surface area contributed by atoms with Crippen LogP contribution in [0, 0.1) is 34.6 Å². The SMILES string of the molecule is Cc1cc(C)c(C(=O)Nc2cc(C)ccc2C)c(C)c1. The summed E-state index contributed by atoms with van der Waals surface area (Å²) in [5.74, 6) is -0.0336. The summed E-state index contributed by atoms with van der Waals surface area (Å²) in [7, 11) is 0. The molecule has 0 aliphatic carbocycles. The molecule has 2 rings (SSSR count). The van der Waals surface area contributed by atoms with E-state index in [0.29, 0.717) is 0 Å². The van der Waals surface area contributed by atoms with Crippen LogP contribution in [0.2, 0.25) is 0 Å². The molecule has 2 aromatic carbocycles. The van der Waals surface area contributed by atoms with Gasteiger partial charge in [0, 0.05) is 11.3 Å². The van der Waals surface area contributed by atoms with Gasteiger partial charge in [-0.3, -0.25) is 4.79 Å². The Kier molecular flexibility index (Phi) is 3.93. The minimum Gasteiger partial charge on any atom is -0.322 e. The molecular formula is C18H21NO. The lowest BCUT2D eigenvalue weighted by Crippen LogP contribution is -2.16. The first-order valence-corrected chi connectivity index (χ1v) is 6.85. The molecule has 2 nitrogen and oxygen atoms in total. The van der Waals surface area contributed by atoms with Gasteiger partial charge in [-0.05, 0) is 62.9 Å². The van der Waals surface area contributed by atoms with Gasteiger partial charge in [-0.15, -0.1) is 0 Å². The van der Waals surface area contributed by atoms with Gasteiger partial charge in [0.15, 0.2) is 0 Å². The smallest absolute Gasteiger partial charge is 0.256 e. The van der Waals surface area contributed by atoms with Gasteiger partial charge in [0.1, 0.15) is 0 Å². The fourth-order valence-corrected chi connectivity index (χ4v) is 2.59. The molecule has 2 aromatic rings. The molecule has 1 N–H and O–H groups in total. The van der Waals surface area contributed by atoms with Crippen molar-refractivity contribution in [3.05, 3.63) is 63.7 Å². The fraction of sp³-hybridized carbons (Fsp3) is 0.278. The summed E-state index contributed by atoms with van der Waals surface area (Å²) < 4.78 is 0. The van der Waals surface area contributed by atoms with Gasteiger partial charge >= 0.3 is 0 Å². The molecule has 0 unspecified atom stereocenters. The number of rotatable bonds is 2. The van der Waals surface area contributed by atoms with E-state index in [9.17, 15) is 4.79 Å². The molecule has 20 heavy (non-hydrogen) atoms. The molecule has 0 saturated carbocycles. The standard InChI is InChI=1S/C18H21NO/c1-11-6-7-13(3)16(10-11)19-18(20)17-14(4)8-12(2)9-15(17)5/h6-10H,1-5H3,(H,19,20). The lowest BCUT2D eigenvalue weighted by molar-refractivity contribution is 0.102. The molecule has 0 saturated heterocycles. The quantitative estimate of drug-likeness (QED) is 0.854. The van der Waals surface area contributed by atoms with Crippen molar-refractivity contribution in [3.63, 3.8) is 0 Å². The van der Waals surface area contributed by atoms with Crippen LogP contribution in [-0.2, 0) is 0 Å². The van der Waals surface area contributed by atoms with E-state index < -0.39 is 0 Å². The van der Waals surface area contributed by atoms with Gasteiger partial charge in [0.05, 0.1) is 0 Å². The maximum atomic E-state index is 12.5. The highest BCUT2D eigenvalue weighted by molar-refractivity contribution is 6.06. The maximum absolute atomic E-state index is 12.5.